The van der Waals surface area contributed by atoms with E-state index in [9.17, 15) is 13.6 Å². The van der Waals surface area contributed by atoms with Gasteiger partial charge in [-0.25, -0.2) is 8.42 Å². The number of aromatic nitrogens is 1. The minimum Gasteiger partial charge on any atom is -0.411 e. The first-order chi connectivity index (χ1) is 16.7. The number of pyridine rings is 1. The molecule has 1 atom stereocenters. The van der Waals surface area contributed by atoms with Crippen molar-refractivity contribution in [2.24, 2.45) is 5.16 Å². The summed E-state index contributed by atoms with van der Waals surface area (Å²) < 4.78 is 23.8. The van der Waals surface area contributed by atoms with Crippen LogP contribution in [0.4, 0.5) is 0 Å². The van der Waals surface area contributed by atoms with Gasteiger partial charge in [-0.15, -0.1) is 0 Å². The maximum atomic E-state index is 11.9. The molecule has 35 heavy (non-hydrogen) atoms. The summed E-state index contributed by atoms with van der Waals surface area (Å²) in [7, 11) is -3.28. The predicted molar refractivity (Wildman–Crippen MR) is 140 cm³/mol. The second kappa shape index (κ2) is 9.47. The zero-order valence-electron chi connectivity index (χ0n) is 20.2. The van der Waals surface area contributed by atoms with Gasteiger partial charge < -0.3 is 5.21 Å². The topological polar surface area (TPSA) is 79.6 Å². The lowest BCUT2D eigenvalue weighted by Gasteiger charge is -2.36. The molecule has 0 bridgehead atoms. The summed E-state index contributed by atoms with van der Waals surface area (Å²) in [5.74, 6) is 0. The molecule has 0 radical (unpaired) electrons. The third-order valence-corrected chi connectivity index (χ3v) is 7.61. The molecule has 1 unspecified atom stereocenters. The highest BCUT2D eigenvalue weighted by molar-refractivity contribution is 7.90. The van der Waals surface area contributed by atoms with Crippen LogP contribution in [-0.4, -0.2) is 30.6 Å². The summed E-state index contributed by atoms with van der Waals surface area (Å²) in [6, 6.07) is 27.0. The van der Waals surface area contributed by atoms with Crippen LogP contribution in [0.3, 0.4) is 0 Å². The van der Waals surface area contributed by atoms with Gasteiger partial charge in [0.2, 0.25) is 0 Å². The molecule has 1 heterocycles. The van der Waals surface area contributed by atoms with Gasteiger partial charge in [0.1, 0.15) is 0 Å². The van der Waals surface area contributed by atoms with Gasteiger partial charge in [0.05, 0.1) is 16.0 Å². The number of aryl methyl sites for hydroxylation is 2. The number of benzene rings is 3. The smallest absolute Gasteiger partial charge is 0.175 e. The lowest BCUT2D eigenvalue weighted by atomic mass is 9.65. The van der Waals surface area contributed by atoms with E-state index in [-0.39, 0.29) is 4.90 Å². The molecule has 0 saturated carbocycles. The first-order valence-corrected chi connectivity index (χ1v) is 13.2. The van der Waals surface area contributed by atoms with Crippen molar-refractivity contribution < 1.29 is 13.6 Å². The van der Waals surface area contributed by atoms with Crippen molar-refractivity contribution in [1.29, 1.82) is 0 Å². The summed E-state index contributed by atoms with van der Waals surface area (Å²) in [6.07, 6.45) is 2.98. The summed E-state index contributed by atoms with van der Waals surface area (Å²) in [5, 5.41) is 13.9. The van der Waals surface area contributed by atoms with Crippen molar-refractivity contribution in [2.45, 2.75) is 31.1 Å². The van der Waals surface area contributed by atoms with Crippen molar-refractivity contribution in [1.82, 2.24) is 4.98 Å². The SMILES string of the molecule is CC(=NO)C(c1cccc(-c2ccc(S(C)(=O)=O)cc2)c1)(c1ccnc(C)c1)c1ccccc1C. The van der Waals surface area contributed by atoms with Crippen molar-refractivity contribution in [3.05, 3.63) is 119 Å². The van der Waals surface area contributed by atoms with Gasteiger partial charge in [0.25, 0.3) is 0 Å². The van der Waals surface area contributed by atoms with E-state index in [1.165, 1.54) is 6.26 Å². The molecule has 4 rings (SSSR count). The Kier molecular flexibility index (Phi) is 6.59. The molecule has 0 fully saturated rings. The lowest BCUT2D eigenvalue weighted by Crippen LogP contribution is -2.38. The fraction of sp³-hybridized carbons (Fsp3) is 0.172. The van der Waals surface area contributed by atoms with E-state index >= 15 is 0 Å². The van der Waals surface area contributed by atoms with E-state index < -0.39 is 15.3 Å². The highest BCUT2D eigenvalue weighted by Crippen LogP contribution is 2.43. The van der Waals surface area contributed by atoms with E-state index in [1.807, 2.05) is 68.4 Å². The van der Waals surface area contributed by atoms with E-state index in [0.29, 0.717) is 5.71 Å². The normalized spacial score (nSPS) is 13.9. The van der Waals surface area contributed by atoms with E-state index in [2.05, 4.69) is 35.3 Å². The molecule has 1 N–H and O–H groups in total. The minimum absolute atomic E-state index is 0.280. The molecular weight excluding hydrogens is 456 g/mol. The van der Waals surface area contributed by atoms with Crippen LogP contribution in [0.5, 0.6) is 0 Å². The van der Waals surface area contributed by atoms with E-state index in [0.717, 1.165) is 39.1 Å². The molecule has 0 aliphatic heterocycles. The van der Waals surface area contributed by atoms with Crippen LogP contribution in [0, 0.1) is 13.8 Å². The maximum absolute atomic E-state index is 11.9. The van der Waals surface area contributed by atoms with E-state index in [4.69, 9.17) is 0 Å². The van der Waals surface area contributed by atoms with Crippen LogP contribution in [0.1, 0.15) is 34.9 Å². The van der Waals surface area contributed by atoms with Crippen LogP contribution < -0.4 is 0 Å². The second-order valence-electron chi connectivity index (χ2n) is 8.81. The van der Waals surface area contributed by atoms with E-state index in [1.54, 1.807) is 18.3 Å². The highest BCUT2D eigenvalue weighted by atomic mass is 32.2. The molecule has 0 aliphatic carbocycles. The Morgan fingerprint density at radius 2 is 1.54 bits per heavy atom. The molecular formula is C29H28N2O3S. The number of nitrogens with zero attached hydrogens (tertiary/aromatic N) is 2. The zero-order chi connectivity index (χ0) is 25.2. The summed E-state index contributed by atoms with van der Waals surface area (Å²) in [4.78, 5) is 4.67. The van der Waals surface area contributed by atoms with Gasteiger partial charge >= 0.3 is 0 Å². The summed E-state index contributed by atoms with van der Waals surface area (Å²) >= 11 is 0. The molecule has 5 nitrogen and oxygen atoms in total. The third kappa shape index (κ3) is 4.49. The first kappa shape index (κ1) is 24.4. The Labute approximate surface area is 206 Å². The van der Waals surface area contributed by atoms with Gasteiger partial charge in [-0.2, -0.15) is 0 Å². The monoisotopic (exact) mass is 484 g/mol. The Hall–Kier alpha value is -3.77. The van der Waals surface area contributed by atoms with Crippen molar-refractivity contribution >= 4 is 15.5 Å². The van der Waals surface area contributed by atoms with Gasteiger partial charge in [-0.05, 0) is 84.5 Å². The van der Waals surface area contributed by atoms with Crippen LogP contribution in [0.2, 0.25) is 0 Å². The van der Waals surface area contributed by atoms with Crippen molar-refractivity contribution in [2.75, 3.05) is 6.26 Å². The molecule has 1 aromatic heterocycles. The number of sulfone groups is 1. The molecule has 6 heteroatoms. The third-order valence-electron chi connectivity index (χ3n) is 6.48. The number of oxime groups is 1. The molecule has 0 aliphatic rings. The van der Waals surface area contributed by atoms with Gasteiger partial charge in [0, 0.05) is 18.1 Å². The van der Waals surface area contributed by atoms with Crippen LogP contribution >= 0.6 is 0 Å². The highest BCUT2D eigenvalue weighted by Gasteiger charge is 2.41. The van der Waals surface area contributed by atoms with Crippen molar-refractivity contribution in [3.8, 4) is 11.1 Å². The second-order valence-corrected chi connectivity index (χ2v) is 10.8. The molecule has 0 amide bonds. The van der Waals surface area contributed by atoms with Gasteiger partial charge in [0.15, 0.2) is 9.84 Å². The lowest BCUT2D eigenvalue weighted by molar-refractivity contribution is 0.315. The predicted octanol–water partition coefficient (Wildman–Crippen LogP) is 5.95. The Balaban J connectivity index is 2.02. The Bertz CT molecular complexity index is 1510. The van der Waals surface area contributed by atoms with Crippen LogP contribution in [-0.2, 0) is 15.3 Å². The van der Waals surface area contributed by atoms with Gasteiger partial charge in [-0.3, -0.25) is 4.98 Å². The van der Waals surface area contributed by atoms with Gasteiger partial charge in [-0.1, -0.05) is 59.8 Å². The number of hydrogen-bond donors (Lipinski definition) is 1. The molecule has 4 aromatic rings. The quantitative estimate of drug-likeness (QED) is 0.208. The number of rotatable bonds is 6. The van der Waals surface area contributed by atoms with Crippen molar-refractivity contribution in [3.63, 3.8) is 0 Å². The average Bonchev–Trinajstić information content (AvgIpc) is 2.85. The summed E-state index contributed by atoms with van der Waals surface area (Å²) in [6.45, 7) is 5.82. The molecule has 0 saturated heterocycles. The zero-order valence-corrected chi connectivity index (χ0v) is 21.0. The fourth-order valence-corrected chi connectivity index (χ4v) is 5.39. The number of hydrogen-bond acceptors (Lipinski definition) is 5. The van der Waals surface area contributed by atoms with Crippen LogP contribution in [0.15, 0.2) is 101 Å². The molecule has 0 spiro atoms. The standard InChI is InChI=1S/C29H28N2O3S/c1-20-8-5-6-11-28(20)29(22(3)31-32,26-16-17-30-21(2)18-26)25-10-7-9-24(19-25)23-12-14-27(15-13-23)35(4,33)34/h5-19,32H,1-4H3. The molecule has 3 aromatic carbocycles. The maximum Gasteiger partial charge on any atom is 0.175 e. The Morgan fingerprint density at radius 3 is 2.17 bits per heavy atom. The summed E-state index contributed by atoms with van der Waals surface area (Å²) in [5.41, 5.74) is 6.28. The molecule has 178 valence electrons. The van der Waals surface area contributed by atoms with Crippen LogP contribution in [0.25, 0.3) is 11.1 Å². The largest absolute Gasteiger partial charge is 0.411 e. The minimum atomic E-state index is -3.28. The fourth-order valence-electron chi connectivity index (χ4n) is 4.76. The Morgan fingerprint density at radius 1 is 0.857 bits per heavy atom. The first-order valence-electron chi connectivity index (χ1n) is 11.3. The average molecular weight is 485 g/mol.